The number of H-pyrrole nitrogens is 1. The predicted molar refractivity (Wildman–Crippen MR) is 151 cm³/mol. The Balaban J connectivity index is 1.43. The molecule has 0 radical (unpaired) electrons. The fourth-order valence-corrected chi connectivity index (χ4v) is 6.94. The van der Waals surface area contributed by atoms with Gasteiger partial charge in [-0.1, -0.05) is 0 Å². The van der Waals surface area contributed by atoms with E-state index in [9.17, 15) is 26.8 Å². The number of carbonyl (C=O) groups excluding carboxylic acids is 2. The number of hydrogen-bond acceptors (Lipinski definition) is 8. The number of aromatic nitrogens is 2. The third-order valence-electron chi connectivity index (χ3n) is 7.30. The van der Waals surface area contributed by atoms with Crippen LogP contribution in [0.2, 0.25) is 0 Å². The molecule has 0 aliphatic carbocycles. The first-order valence-corrected chi connectivity index (χ1v) is 14.6. The first-order valence-electron chi connectivity index (χ1n) is 13.2. The lowest BCUT2D eigenvalue weighted by molar-refractivity contribution is -0.115. The van der Waals surface area contributed by atoms with Gasteiger partial charge in [0.05, 0.1) is 47.1 Å². The molecule has 0 saturated carbocycles. The third kappa shape index (κ3) is 5.60. The molecule has 1 saturated heterocycles. The number of sulfonamides is 1. The topological polar surface area (TPSA) is 149 Å². The lowest BCUT2D eigenvalue weighted by Crippen LogP contribution is -2.40. The molecule has 1 fully saturated rings. The van der Waals surface area contributed by atoms with Crippen molar-refractivity contribution in [2.24, 2.45) is 0 Å². The number of rotatable bonds is 8. The van der Waals surface area contributed by atoms with E-state index in [-0.39, 0.29) is 30.4 Å². The van der Waals surface area contributed by atoms with Crippen LogP contribution in [0.25, 0.3) is 0 Å². The number of anilines is 3. The summed E-state index contributed by atoms with van der Waals surface area (Å²) in [5.41, 5.74) is 0.917. The first kappa shape index (κ1) is 29.6. The van der Waals surface area contributed by atoms with E-state index in [1.807, 2.05) is 0 Å². The number of nitrogens with zero attached hydrogens (tertiary/aromatic N) is 3. The van der Waals surface area contributed by atoms with Gasteiger partial charge < -0.3 is 25.6 Å². The van der Waals surface area contributed by atoms with E-state index in [1.54, 1.807) is 39.1 Å². The summed E-state index contributed by atoms with van der Waals surface area (Å²) in [6.45, 7) is 5.50. The number of halogens is 2. The maximum Gasteiger partial charge on any atom is 0.258 e. The third-order valence-corrected chi connectivity index (χ3v) is 9.29. The summed E-state index contributed by atoms with van der Waals surface area (Å²) in [4.78, 5) is 27.5. The fourth-order valence-electron chi connectivity index (χ4n) is 5.17. The molecule has 0 atom stereocenters. The second-order valence-corrected chi connectivity index (χ2v) is 12.3. The minimum atomic E-state index is -4.34. The zero-order chi connectivity index (χ0) is 30.2. The van der Waals surface area contributed by atoms with Gasteiger partial charge in [-0.2, -0.15) is 9.40 Å². The smallest absolute Gasteiger partial charge is 0.258 e. The quantitative estimate of drug-likeness (QED) is 0.307. The molecule has 2 aliphatic heterocycles. The Kier molecular flexibility index (Phi) is 8.02. The Bertz CT molecular complexity index is 1620. The number of hydrogen-bond donors (Lipinski definition) is 4. The highest BCUT2D eigenvalue weighted by Gasteiger charge is 2.48. The number of benzene rings is 2. The number of fused-ring (bicyclic) bond motifs is 1. The van der Waals surface area contributed by atoms with Gasteiger partial charge in [0.1, 0.15) is 11.6 Å². The van der Waals surface area contributed by atoms with Crippen LogP contribution in [0.1, 0.15) is 35.5 Å². The summed E-state index contributed by atoms with van der Waals surface area (Å²) >= 11 is 0. The molecule has 5 rings (SSSR count). The first-order chi connectivity index (χ1) is 19.9. The molecule has 224 valence electrons. The van der Waals surface area contributed by atoms with Crippen molar-refractivity contribution < 1.29 is 31.5 Å². The maximum absolute atomic E-state index is 13.9. The number of ether oxygens (including phenoxy) is 1. The number of aromatic amines is 1. The molecular formula is C27H31F2N7O5S. The number of likely N-dealkylation sites (N-methyl/N-ethyl adjacent to an activating group) is 1. The Morgan fingerprint density at radius 3 is 2.43 bits per heavy atom. The summed E-state index contributed by atoms with van der Waals surface area (Å²) in [6.07, 6.45) is 0. The lowest BCUT2D eigenvalue weighted by atomic mass is 10.0. The van der Waals surface area contributed by atoms with Gasteiger partial charge in [-0.05, 0) is 51.2 Å². The lowest BCUT2D eigenvalue weighted by Gasteiger charge is -2.30. The van der Waals surface area contributed by atoms with Crippen LogP contribution < -0.4 is 20.9 Å². The average Bonchev–Trinajstić information content (AvgIpc) is 3.46. The molecule has 15 heteroatoms. The minimum Gasteiger partial charge on any atom is -0.378 e. The Morgan fingerprint density at radius 2 is 1.76 bits per heavy atom. The Morgan fingerprint density at radius 1 is 1.07 bits per heavy atom. The number of morpholine rings is 1. The number of amides is 2. The van der Waals surface area contributed by atoms with Gasteiger partial charge in [-0.3, -0.25) is 14.7 Å². The highest BCUT2D eigenvalue weighted by Crippen LogP contribution is 2.44. The van der Waals surface area contributed by atoms with Gasteiger partial charge in [-0.25, -0.2) is 17.2 Å². The van der Waals surface area contributed by atoms with Crippen molar-refractivity contribution in [1.82, 2.24) is 19.8 Å². The van der Waals surface area contributed by atoms with E-state index in [4.69, 9.17) is 4.74 Å². The van der Waals surface area contributed by atoms with Crippen LogP contribution in [-0.4, -0.2) is 74.6 Å². The molecule has 1 aromatic heterocycles. The van der Waals surface area contributed by atoms with Crippen LogP contribution in [0.15, 0.2) is 41.3 Å². The minimum absolute atomic E-state index is 0.0321. The number of carbonyl (C=O) groups is 2. The van der Waals surface area contributed by atoms with Gasteiger partial charge in [0.25, 0.3) is 5.91 Å². The van der Waals surface area contributed by atoms with Crippen molar-refractivity contribution in [2.45, 2.75) is 30.8 Å². The van der Waals surface area contributed by atoms with Crippen molar-refractivity contribution in [1.29, 1.82) is 0 Å². The van der Waals surface area contributed by atoms with Crippen molar-refractivity contribution >= 4 is 39.0 Å². The van der Waals surface area contributed by atoms with Crippen LogP contribution in [-0.2, 0) is 31.6 Å². The molecule has 3 aromatic rings. The molecule has 2 aromatic carbocycles. The fraction of sp³-hybridized carbons (Fsp3) is 0.370. The summed E-state index contributed by atoms with van der Waals surface area (Å²) in [5.74, 6) is -2.87. The average molecular weight is 604 g/mol. The summed E-state index contributed by atoms with van der Waals surface area (Å²) in [7, 11) is -2.71. The molecular weight excluding hydrogens is 572 g/mol. The van der Waals surface area contributed by atoms with Crippen molar-refractivity contribution in [2.75, 3.05) is 55.4 Å². The second kappa shape index (κ2) is 11.4. The maximum atomic E-state index is 13.9. The normalized spacial score (nSPS) is 16.7. The van der Waals surface area contributed by atoms with Crippen LogP contribution in [0, 0.1) is 11.6 Å². The van der Waals surface area contributed by atoms with E-state index >= 15 is 0 Å². The molecule has 0 unspecified atom stereocenters. The molecule has 0 bridgehead atoms. The van der Waals surface area contributed by atoms with Crippen molar-refractivity contribution in [3.8, 4) is 0 Å². The van der Waals surface area contributed by atoms with E-state index < -0.39 is 38.0 Å². The van der Waals surface area contributed by atoms with E-state index in [0.717, 1.165) is 22.1 Å². The molecule has 2 aliphatic rings. The van der Waals surface area contributed by atoms with Crippen LogP contribution in [0.4, 0.5) is 26.0 Å². The van der Waals surface area contributed by atoms with Crippen molar-refractivity contribution in [3.05, 3.63) is 64.9 Å². The highest BCUT2D eigenvalue weighted by atomic mass is 32.2. The van der Waals surface area contributed by atoms with E-state index in [2.05, 4.69) is 31.0 Å². The van der Waals surface area contributed by atoms with Crippen LogP contribution in [0.5, 0.6) is 0 Å². The Hall–Kier alpha value is -3.92. The molecule has 3 heterocycles. The monoisotopic (exact) mass is 603 g/mol. The molecule has 42 heavy (non-hydrogen) atoms. The predicted octanol–water partition coefficient (Wildman–Crippen LogP) is 2.37. The van der Waals surface area contributed by atoms with Crippen LogP contribution in [0.3, 0.4) is 0 Å². The summed E-state index contributed by atoms with van der Waals surface area (Å²) < 4.78 is 61.2. The zero-order valence-corrected chi connectivity index (χ0v) is 24.1. The number of nitrogens with one attached hydrogen (secondary N) is 4. The second-order valence-electron chi connectivity index (χ2n) is 10.5. The largest absolute Gasteiger partial charge is 0.378 e. The molecule has 12 nitrogen and oxygen atoms in total. The SMILES string of the molecule is CNCC(=O)Nc1cc(N2CCOCC2)ccc1C(=O)Nc1n[nH]c2c1CN(S(=O)(=O)c1cc(F)cc(F)c1)C2(C)C. The van der Waals surface area contributed by atoms with Gasteiger partial charge in [0, 0.05) is 37.0 Å². The van der Waals surface area contributed by atoms with E-state index in [0.29, 0.717) is 49.3 Å². The Labute approximate surface area is 241 Å². The molecule has 4 N–H and O–H groups in total. The molecule has 2 amide bonds. The van der Waals surface area contributed by atoms with E-state index in [1.165, 1.54) is 0 Å². The standard InChI is InChI=1S/C27H31F2N7O5S/c1-27(2)24-21(15-36(27)42(39,40)19-11-16(28)10-17(29)12-19)25(34-33-24)32-26(38)20-5-4-18(35-6-8-41-9-7-35)13-22(20)31-23(37)14-30-3/h4-5,10-13,30H,6-9,14-15H2,1-3H3,(H,31,37)(H2,32,33,34,38). The van der Waals surface area contributed by atoms with Gasteiger partial charge >= 0.3 is 0 Å². The summed E-state index contributed by atoms with van der Waals surface area (Å²) in [5, 5.41) is 15.3. The van der Waals surface area contributed by atoms with Gasteiger partial charge in [0.15, 0.2) is 5.82 Å². The molecule has 0 spiro atoms. The summed E-state index contributed by atoms with van der Waals surface area (Å²) in [6, 6.07) is 7.20. The zero-order valence-electron chi connectivity index (χ0n) is 23.3. The van der Waals surface area contributed by atoms with Crippen molar-refractivity contribution in [3.63, 3.8) is 0 Å². The van der Waals surface area contributed by atoms with Crippen LogP contribution >= 0.6 is 0 Å². The van der Waals surface area contributed by atoms with Gasteiger partial charge in [-0.15, -0.1) is 0 Å². The van der Waals surface area contributed by atoms with Gasteiger partial charge in [0.2, 0.25) is 15.9 Å². The highest BCUT2D eigenvalue weighted by molar-refractivity contribution is 7.89.